The number of likely N-dealkylation sites (tertiary alicyclic amines) is 1. The van der Waals surface area contributed by atoms with Gasteiger partial charge in [-0.05, 0) is 51.7 Å². The summed E-state index contributed by atoms with van der Waals surface area (Å²) < 4.78 is 0. The van der Waals surface area contributed by atoms with Gasteiger partial charge in [-0.2, -0.15) is 0 Å². The molecule has 2 aliphatic rings. The highest BCUT2D eigenvalue weighted by atomic mass is 15.1. The van der Waals surface area contributed by atoms with Crippen LogP contribution in [0.1, 0.15) is 25.7 Å². The third-order valence-corrected chi connectivity index (χ3v) is 3.29. The van der Waals surface area contributed by atoms with Crippen LogP contribution in [0.2, 0.25) is 0 Å². The molecule has 1 heterocycles. The van der Waals surface area contributed by atoms with Gasteiger partial charge in [0.1, 0.15) is 0 Å². The summed E-state index contributed by atoms with van der Waals surface area (Å²) in [6, 6.07) is 0. The van der Waals surface area contributed by atoms with Crippen molar-refractivity contribution in [2.75, 3.05) is 20.1 Å². The molecule has 13 heavy (non-hydrogen) atoms. The molecular weight excluding hydrogens is 158 g/mol. The Labute approximate surface area is 81.1 Å². The monoisotopic (exact) mass is 177 g/mol. The first kappa shape index (κ1) is 9.01. The van der Waals surface area contributed by atoms with Crippen molar-refractivity contribution in [1.82, 2.24) is 4.90 Å². The van der Waals surface area contributed by atoms with Gasteiger partial charge in [0.15, 0.2) is 0 Å². The average Bonchev–Trinajstić information content (AvgIpc) is 2.20. The number of nitrogens with zero attached hydrogens (tertiary/aromatic N) is 1. The predicted molar refractivity (Wildman–Crippen MR) is 56.7 cm³/mol. The van der Waals surface area contributed by atoms with Gasteiger partial charge in [-0.3, -0.25) is 0 Å². The molecule has 1 fully saturated rings. The minimum absolute atomic E-state index is 0.890. The van der Waals surface area contributed by atoms with Gasteiger partial charge in [0, 0.05) is 0 Å². The Balaban J connectivity index is 1.93. The number of piperidine rings is 1. The molecule has 0 bridgehead atoms. The van der Waals surface area contributed by atoms with Gasteiger partial charge in [0.2, 0.25) is 0 Å². The van der Waals surface area contributed by atoms with Gasteiger partial charge in [-0.25, -0.2) is 0 Å². The smallest absolute Gasteiger partial charge is 0.00161 e. The molecule has 1 saturated heterocycles. The number of allylic oxidation sites excluding steroid dienone is 4. The number of hydrogen-bond donors (Lipinski definition) is 0. The summed E-state index contributed by atoms with van der Waals surface area (Å²) in [5.41, 5.74) is 1.70. The van der Waals surface area contributed by atoms with Crippen molar-refractivity contribution >= 4 is 0 Å². The fraction of sp³-hybridized carbons (Fsp3) is 0.667. The van der Waals surface area contributed by atoms with E-state index in [1.54, 1.807) is 5.57 Å². The van der Waals surface area contributed by atoms with Crippen LogP contribution in [0.15, 0.2) is 23.8 Å². The van der Waals surface area contributed by atoms with Gasteiger partial charge in [0.25, 0.3) is 0 Å². The summed E-state index contributed by atoms with van der Waals surface area (Å²) in [5, 5.41) is 0. The maximum absolute atomic E-state index is 2.44. The van der Waals surface area contributed by atoms with E-state index in [1.165, 1.54) is 38.8 Å². The van der Waals surface area contributed by atoms with E-state index in [-0.39, 0.29) is 0 Å². The summed E-state index contributed by atoms with van der Waals surface area (Å²) in [5.74, 6) is 0.890. The van der Waals surface area contributed by atoms with Gasteiger partial charge in [0.05, 0.1) is 0 Å². The van der Waals surface area contributed by atoms with Gasteiger partial charge in [-0.1, -0.05) is 23.8 Å². The molecule has 0 radical (unpaired) electrons. The Morgan fingerprint density at radius 1 is 1.31 bits per heavy atom. The van der Waals surface area contributed by atoms with Gasteiger partial charge in [-0.15, -0.1) is 0 Å². The number of hydrogen-bond acceptors (Lipinski definition) is 1. The third kappa shape index (κ3) is 2.22. The van der Waals surface area contributed by atoms with Crippen LogP contribution in [0.3, 0.4) is 0 Å². The van der Waals surface area contributed by atoms with E-state index in [9.17, 15) is 0 Å². The van der Waals surface area contributed by atoms with E-state index in [0.29, 0.717) is 0 Å². The van der Waals surface area contributed by atoms with Crippen molar-refractivity contribution in [2.24, 2.45) is 5.92 Å². The maximum Gasteiger partial charge on any atom is -0.00161 e. The second kappa shape index (κ2) is 4.10. The van der Waals surface area contributed by atoms with Crippen LogP contribution in [-0.2, 0) is 0 Å². The van der Waals surface area contributed by atoms with Crippen molar-refractivity contribution in [3.8, 4) is 0 Å². The largest absolute Gasteiger partial charge is 0.306 e. The van der Waals surface area contributed by atoms with E-state index in [1.807, 2.05) is 0 Å². The first-order valence-electron chi connectivity index (χ1n) is 5.40. The second-order valence-electron chi connectivity index (χ2n) is 4.29. The molecule has 0 aromatic rings. The topological polar surface area (TPSA) is 3.24 Å². The molecular formula is C12H19N. The standard InChI is InChI=1S/C12H19N/c1-13-9-7-12(8-10-13)11-5-3-2-4-6-11/h2-3,5,12H,4,6-10H2,1H3. The van der Waals surface area contributed by atoms with E-state index in [2.05, 4.69) is 30.2 Å². The first-order valence-corrected chi connectivity index (χ1v) is 5.40. The van der Waals surface area contributed by atoms with E-state index in [0.717, 1.165) is 5.92 Å². The zero-order valence-corrected chi connectivity index (χ0v) is 8.50. The quantitative estimate of drug-likeness (QED) is 0.595. The molecule has 1 aliphatic carbocycles. The molecule has 72 valence electrons. The molecule has 0 N–H and O–H groups in total. The Morgan fingerprint density at radius 2 is 2.08 bits per heavy atom. The van der Waals surface area contributed by atoms with Gasteiger partial charge < -0.3 is 4.90 Å². The highest BCUT2D eigenvalue weighted by Crippen LogP contribution is 2.28. The maximum atomic E-state index is 2.44. The summed E-state index contributed by atoms with van der Waals surface area (Å²) >= 11 is 0. The summed E-state index contributed by atoms with van der Waals surface area (Å²) in [6.07, 6.45) is 12.2. The Kier molecular flexibility index (Phi) is 2.84. The van der Waals surface area contributed by atoms with Crippen molar-refractivity contribution in [2.45, 2.75) is 25.7 Å². The molecule has 0 spiro atoms. The Bertz CT molecular complexity index is 219. The van der Waals surface area contributed by atoms with Crippen molar-refractivity contribution < 1.29 is 0 Å². The van der Waals surface area contributed by atoms with Crippen molar-refractivity contribution in [3.63, 3.8) is 0 Å². The minimum atomic E-state index is 0.890. The normalized spacial score (nSPS) is 26.1. The van der Waals surface area contributed by atoms with Crippen molar-refractivity contribution in [3.05, 3.63) is 23.8 Å². The lowest BCUT2D eigenvalue weighted by atomic mass is 9.85. The number of rotatable bonds is 1. The SMILES string of the molecule is CN1CCC(C2=CC=CCC2)CC1. The zero-order chi connectivity index (χ0) is 9.10. The van der Waals surface area contributed by atoms with Crippen LogP contribution >= 0.6 is 0 Å². The summed E-state index contributed by atoms with van der Waals surface area (Å²) in [6.45, 7) is 2.57. The molecule has 1 nitrogen and oxygen atoms in total. The highest BCUT2D eigenvalue weighted by Gasteiger charge is 2.19. The fourth-order valence-corrected chi connectivity index (χ4v) is 2.34. The van der Waals surface area contributed by atoms with E-state index >= 15 is 0 Å². The lowest BCUT2D eigenvalue weighted by molar-refractivity contribution is 0.236. The molecule has 0 unspecified atom stereocenters. The average molecular weight is 177 g/mol. The van der Waals surface area contributed by atoms with Crippen LogP contribution in [0, 0.1) is 5.92 Å². The highest BCUT2D eigenvalue weighted by molar-refractivity contribution is 5.20. The summed E-state index contributed by atoms with van der Waals surface area (Å²) in [4.78, 5) is 2.44. The van der Waals surface area contributed by atoms with E-state index < -0.39 is 0 Å². The lowest BCUT2D eigenvalue weighted by Gasteiger charge is -2.31. The van der Waals surface area contributed by atoms with E-state index in [4.69, 9.17) is 0 Å². The van der Waals surface area contributed by atoms with Gasteiger partial charge >= 0.3 is 0 Å². The van der Waals surface area contributed by atoms with Crippen LogP contribution < -0.4 is 0 Å². The predicted octanol–water partition coefficient (Wildman–Crippen LogP) is 2.60. The van der Waals surface area contributed by atoms with Crippen LogP contribution in [0.4, 0.5) is 0 Å². The molecule has 0 amide bonds. The first-order chi connectivity index (χ1) is 6.36. The molecule has 0 aromatic carbocycles. The molecule has 0 atom stereocenters. The third-order valence-electron chi connectivity index (χ3n) is 3.29. The van der Waals surface area contributed by atoms with Crippen molar-refractivity contribution in [1.29, 1.82) is 0 Å². The molecule has 1 aliphatic heterocycles. The Hall–Kier alpha value is -0.560. The molecule has 1 heteroatoms. The van der Waals surface area contributed by atoms with Crippen LogP contribution in [-0.4, -0.2) is 25.0 Å². The minimum Gasteiger partial charge on any atom is -0.306 e. The molecule has 0 aromatic heterocycles. The van der Waals surface area contributed by atoms with Crippen LogP contribution in [0.5, 0.6) is 0 Å². The lowest BCUT2D eigenvalue weighted by Crippen LogP contribution is -2.31. The Morgan fingerprint density at radius 3 is 2.69 bits per heavy atom. The summed E-state index contributed by atoms with van der Waals surface area (Å²) in [7, 11) is 2.23. The second-order valence-corrected chi connectivity index (χ2v) is 4.29. The fourth-order valence-electron chi connectivity index (χ4n) is 2.34. The molecule has 2 rings (SSSR count). The molecule has 0 saturated carbocycles. The zero-order valence-electron chi connectivity index (χ0n) is 8.50. The van der Waals surface area contributed by atoms with Crippen LogP contribution in [0.25, 0.3) is 0 Å².